The van der Waals surface area contributed by atoms with E-state index in [0.29, 0.717) is 24.4 Å². The molecule has 0 radical (unpaired) electrons. The van der Waals surface area contributed by atoms with Crippen LogP contribution >= 0.6 is 0 Å². The molecule has 2 aliphatic rings. The fourth-order valence-corrected chi connectivity index (χ4v) is 3.16. The summed E-state index contributed by atoms with van der Waals surface area (Å²) in [6, 6.07) is 6.54. The summed E-state index contributed by atoms with van der Waals surface area (Å²) in [7, 11) is 1.32. The molecule has 0 unspecified atom stereocenters. The molecule has 2 aliphatic heterocycles. The number of carbonyl (C=O) groups is 3. The van der Waals surface area contributed by atoms with Crippen LogP contribution in [0.2, 0.25) is 0 Å². The van der Waals surface area contributed by atoms with Gasteiger partial charge in [0.05, 0.1) is 12.8 Å². The minimum Gasteiger partial charge on any atom is -0.482 e. The minimum absolute atomic E-state index is 0.0925. The van der Waals surface area contributed by atoms with Crippen molar-refractivity contribution in [3.63, 3.8) is 0 Å². The highest BCUT2D eigenvalue weighted by molar-refractivity contribution is 6.02. The van der Waals surface area contributed by atoms with Gasteiger partial charge in [-0.05, 0) is 31.4 Å². The molecule has 7 nitrogen and oxygen atoms in total. The van der Waals surface area contributed by atoms with E-state index < -0.39 is 12.0 Å². The SMILES string of the molecule is COC(=O)[C@@H]1CCCCN1C(=O)CN1C(=O)COc2ccccc21. The monoisotopic (exact) mass is 332 g/mol. The van der Waals surface area contributed by atoms with Crippen LogP contribution in [-0.4, -0.2) is 55.5 Å². The van der Waals surface area contributed by atoms with Gasteiger partial charge in [-0.1, -0.05) is 12.1 Å². The molecule has 3 rings (SSSR count). The first kappa shape index (κ1) is 16.3. The average molecular weight is 332 g/mol. The van der Waals surface area contributed by atoms with E-state index in [-0.39, 0.29) is 25.0 Å². The van der Waals surface area contributed by atoms with Crippen LogP contribution in [0.15, 0.2) is 24.3 Å². The number of rotatable bonds is 3. The highest BCUT2D eigenvalue weighted by Crippen LogP contribution is 2.31. The third-order valence-electron chi connectivity index (χ3n) is 4.40. The Kier molecular flexibility index (Phi) is 4.69. The van der Waals surface area contributed by atoms with Gasteiger partial charge < -0.3 is 14.4 Å². The van der Waals surface area contributed by atoms with Crippen molar-refractivity contribution in [1.82, 2.24) is 4.90 Å². The van der Waals surface area contributed by atoms with Gasteiger partial charge in [-0.2, -0.15) is 0 Å². The van der Waals surface area contributed by atoms with Gasteiger partial charge in [-0.15, -0.1) is 0 Å². The quantitative estimate of drug-likeness (QED) is 0.771. The largest absolute Gasteiger partial charge is 0.482 e. The fourth-order valence-electron chi connectivity index (χ4n) is 3.16. The number of para-hydroxylation sites is 2. The Morgan fingerprint density at radius 2 is 2.08 bits per heavy atom. The van der Waals surface area contributed by atoms with Crippen LogP contribution in [0.4, 0.5) is 5.69 Å². The number of amides is 2. The Morgan fingerprint density at radius 3 is 2.88 bits per heavy atom. The average Bonchev–Trinajstić information content (AvgIpc) is 2.63. The van der Waals surface area contributed by atoms with Crippen molar-refractivity contribution >= 4 is 23.5 Å². The molecule has 24 heavy (non-hydrogen) atoms. The number of benzene rings is 1. The van der Waals surface area contributed by atoms with Crippen molar-refractivity contribution in [3.05, 3.63) is 24.3 Å². The summed E-state index contributed by atoms with van der Waals surface area (Å²) in [5.74, 6) is -0.353. The molecule has 7 heteroatoms. The summed E-state index contributed by atoms with van der Waals surface area (Å²) in [6.45, 7) is 0.302. The number of esters is 1. The van der Waals surface area contributed by atoms with Crippen molar-refractivity contribution in [3.8, 4) is 5.75 Å². The molecule has 0 saturated carbocycles. The number of anilines is 1. The van der Waals surface area contributed by atoms with Gasteiger partial charge in [-0.25, -0.2) is 4.79 Å². The van der Waals surface area contributed by atoms with Gasteiger partial charge in [0.1, 0.15) is 18.3 Å². The van der Waals surface area contributed by atoms with Gasteiger partial charge in [0.25, 0.3) is 5.91 Å². The standard InChI is InChI=1S/C17H20N2O5/c1-23-17(22)13-7-4-5-9-18(13)15(20)10-19-12-6-2-3-8-14(12)24-11-16(19)21/h2-3,6,8,13H,4-5,7,9-11H2,1H3/t13-/m0/s1. The van der Waals surface area contributed by atoms with E-state index in [0.717, 1.165) is 12.8 Å². The second-order valence-electron chi connectivity index (χ2n) is 5.86. The first-order chi connectivity index (χ1) is 11.6. The molecular formula is C17H20N2O5. The number of hydrogen-bond acceptors (Lipinski definition) is 5. The number of carbonyl (C=O) groups excluding carboxylic acids is 3. The molecule has 0 spiro atoms. The maximum atomic E-state index is 12.7. The minimum atomic E-state index is -0.567. The molecule has 2 amide bonds. The molecule has 0 aliphatic carbocycles. The van der Waals surface area contributed by atoms with E-state index in [4.69, 9.17) is 9.47 Å². The fraction of sp³-hybridized carbons (Fsp3) is 0.471. The first-order valence-corrected chi connectivity index (χ1v) is 8.01. The number of ether oxygens (including phenoxy) is 2. The molecule has 1 atom stereocenters. The Balaban J connectivity index is 1.78. The van der Waals surface area contributed by atoms with E-state index in [2.05, 4.69) is 0 Å². The Hall–Kier alpha value is -2.57. The lowest BCUT2D eigenvalue weighted by Crippen LogP contribution is -2.53. The van der Waals surface area contributed by atoms with Crippen molar-refractivity contribution in [2.24, 2.45) is 0 Å². The highest BCUT2D eigenvalue weighted by Gasteiger charge is 2.35. The predicted octanol–water partition coefficient (Wildman–Crippen LogP) is 0.966. The number of nitrogens with zero attached hydrogens (tertiary/aromatic N) is 2. The summed E-state index contributed by atoms with van der Waals surface area (Å²) in [4.78, 5) is 39.8. The molecule has 1 aromatic carbocycles. The topological polar surface area (TPSA) is 76.2 Å². The maximum absolute atomic E-state index is 12.7. The Bertz CT molecular complexity index is 660. The van der Waals surface area contributed by atoms with Crippen LogP contribution in [0.5, 0.6) is 5.75 Å². The molecule has 1 saturated heterocycles. The van der Waals surface area contributed by atoms with Crippen LogP contribution in [0.3, 0.4) is 0 Å². The van der Waals surface area contributed by atoms with Gasteiger partial charge in [-0.3, -0.25) is 14.5 Å². The highest BCUT2D eigenvalue weighted by atomic mass is 16.5. The maximum Gasteiger partial charge on any atom is 0.328 e. The van der Waals surface area contributed by atoms with E-state index >= 15 is 0 Å². The summed E-state index contributed by atoms with van der Waals surface area (Å²) in [6.07, 6.45) is 2.31. The van der Waals surface area contributed by atoms with Crippen LogP contribution in [0, 0.1) is 0 Å². The summed E-state index contributed by atoms with van der Waals surface area (Å²) >= 11 is 0. The third kappa shape index (κ3) is 3.06. The number of fused-ring (bicyclic) bond motifs is 1. The smallest absolute Gasteiger partial charge is 0.328 e. The van der Waals surface area contributed by atoms with Crippen molar-refractivity contribution in [2.45, 2.75) is 25.3 Å². The molecule has 2 heterocycles. The number of piperidine rings is 1. The van der Waals surface area contributed by atoms with E-state index in [9.17, 15) is 14.4 Å². The van der Waals surface area contributed by atoms with Gasteiger partial charge >= 0.3 is 5.97 Å². The first-order valence-electron chi connectivity index (χ1n) is 8.01. The lowest BCUT2D eigenvalue weighted by atomic mass is 10.0. The Morgan fingerprint density at radius 1 is 1.29 bits per heavy atom. The van der Waals surface area contributed by atoms with Crippen LogP contribution < -0.4 is 9.64 Å². The van der Waals surface area contributed by atoms with E-state index in [1.807, 2.05) is 6.07 Å². The van der Waals surface area contributed by atoms with Gasteiger partial charge in [0.15, 0.2) is 6.61 Å². The second-order valence-corrected chi connectivity index (χ2v) is 5.86. The van der Waals surface area contributed by atoms with Gasteiger partial charge in [0, 0.05) is 6.54 Å². The molecule has 0 aromatic heterocycles. The van der Waals surface area contributed by atoms with Gasteiger partial charge in [0.2, 0.25) is 5.91 Å². The lowest BCUT2D eigenvalue weighted by Gasteiger charge is -2.36. The lowest BCUT2D eigenvalue weighted by molar-refractivity contribution is -0.154. The summed E-state index contributed by atoms with van der Waals surface area (Å²) < 4.78 is 10.2. The second kappa shape index (κ2) is 6.90. The van der Waals surface area contributed by atoms with Crippen molar-refractivity contribution in [2.75, 3.05) is 31.7 Å². The zero-order valence-electron chi connectivity index (χ0n) is 13.6. The molecule has 128 valence electrons. The number of likely N-dealkylation sites (tertiary alicyclic amines) is 1. The predicted molar refractivity (Wildman–Crippen MR) is 85.7 cm³/mol. The molecular weight excluding hydrogens is 312 g/mol. The number of methoxy groups -OCH3 is 1. The molecule has 0 N–H and O–H groups in total. The van der Waals surface area contributed by atoms with Crippen LogP contribution in [0.25, 0.3) is 0 Å². The summed E-state index contributed by atoms with van der Waals surface area (Å²) in [5, 5.41) is 0. The zero-order chi connectivity index (χ0) is 17.1. The van der Waals surface area contributed by atoms with Crippen molar-refractivity contribution < 1.29 is 23.9 Å². The molecule has 1 fully saturated rings. The molecule has 0 bridgehead atoms. The van der Waals surface area contributed by atoms with Crippen molar-refractivity contribution in [1.29, 1.82) is 0 Å². The van der Waals surface area contributed by atoms with E-state index in [1.54, 1.807) is 18.2 Å². The Labute approximate surface area is 140 Å². The van der Waals surface area contributed by atoms with Crippen LogP contribution in [0.1, 0.15) is 19.3 Å². The summed E-state index contributed by atoms with van der Waals surface area (Å²) in [5.41, 5.74) is 0.578. The molecule has 1 aromatic rings. The van der Waals surface area contributed by atoms with E-state index in [1.165, 1.54) is 16.9 Å². The number of hydrogen-bond donors (Lipinski definition) is 0. The third-order valence-corrected chi connectivity index (χ3v) is 4.40. The normalized spacial score (nSPS) is 20.2. The zero-order valence-corrected chi connectivity index (χ0v) is 13.6. The van der Waals surface area contributed by atoms with Crippen LogP contribution in [-0.2, 0) is 19.1 Å².